The van der Waals surface area contributed by atoms with Gasteiger partial charge in [-0.2, -0.15) is 0 Å². The number of carbonyl (C=O) groups is 1. The van der Waals surface area contributed by atoms with Gasteiger partial charge in [0.15, 0.2) is 0 Å². The van der Waals surface area contributed by atoms with Crippen LogP contribution < -0.4 is 5.32 Å². The summed E-state index contributed by atoms with van der Waals surface area (Å²) in [5.41, 5.74) is 0.739. The van der Waals surface area contributed by atoms with Crippen LogP contribution in [0, 0.1) is 11.8 Å². The molecule has 1 aromatic rings. The number of rotatable bonds is 3. The van der Waals surface area contributed by atoms with Crippen molar-refractivity contribution in [2.24, 2.45) is 0 Å². The summed E-state index contributed by atoms with van der Waals surface area (Å²) in [6.45, 7) is 1.46. The van der Waals surface area contributed by atoms with Crippen molar-refractivity contribution in [2.45, 2.75) is 25.3 Å². The summed E-state index contributed by atoms with van der Waals surface area (Å²) in [4.78, 5) is 12.8. The molecule has 1 saturated heterocycles. The third-order valence-corrected chi connectivity index (χ3v) is 3.80. The van der Waals surface area contributed by atoms with Crippen LogP contribution in [-0.2, 0) is 4.74 Å². The number of nitrogens with one attached hydrogen (secondary N) is 1. The van der Waals surface area contributed by atoms with Crippen LogP contribution in [0.25, 0.3) is 0 Å². The van der Waals surface area contributed by atoms with Crippen molar-refractivity contribution >= 4 is 17.2 Å². The molecule has 102 valence electrons. The second-order valence-electron chi connectivity index (χ2n) is 4.30. The first-order chi connectivity index (χ1) is 9.31. The predicted octanol–water partition coefficient (Wildman–Crippen LogP) is 1.39. The molecule has 0 aliphatic carbocycles. The Balaban J connectivity index is 1.99. The highest BCUT2D eigenvalue weighted by atomic mass is 32.1. The number of carbonyl (C=O) groups excluding carboxylic acids is 1. The Kier molecular flexibility index (Phi) is 5.40. The molecular formula is C14H17NO3S. The molecule has 1 amide bonds. The molecule has 0 radical (unpaired) electrons. The van der Waals surface area contributed by atoms with E-state index in [1.165, 1.54) is 11.3 Å². The van der Waals surface area contributed by atoms with Crippen molar-refractivity contribution in [1.82, 2.24) is 5.32 Å². The van der Waals surface area contributed by atoms with Crippen LogP contribution in [0.5, 0.6) is 0 Å². The van der Waals surface area contributed by atoms with E-state index in [1.807, 2.05) is 11.4 Å². The van der Waals surface area contributed by atoms with Crippen molar-refractivity contribution in [3.8, 4) is 11.8 Å². The Morgan fingerprint density at radius 2 is 2.32 bits per heavy atom. The van der Waals surface area contributed by atoms with E-state index in [4.69, 9.17) is 9.84 Å². The van der Waals surface area contributed by atoms with E-state index in [0.717, 1.165) is 18.4 Å². The molecule has 0 atom stereocenters. The normalized spacial score (nSPS) is 15.6. The Bertz CT molecular complexity index is 480. The standard InChI is InChI=1S/C14H17NO3S/c16-7-2-1-3-11-6-10-19-13(11)14(17)15-12-4-8-18-9-5-12/h6,10,12,16H,2,4-5,7-9H2,(H,15,17). The molecule has 2 heterocycles. The van der Waals surface area contributed by atoms with Gasteiger partial charge >= 0.3 is 0 Å². The van der Waals surface area contributed by atoms with E-state index in [2.05, 4.69) is 17.2 Å². The zero-order valence-corrected chi connectivity index (χ0v) is 11.5. The Labute approximate surface area is 116 Å². The maximum absolute atomic E-state index is 12.2. The molecule has 1 fully saturated rings. The fourth-order valence-electron chi connectivity index (χ4n) is 1.89. The largest absolute Gasteiger partial charge is 0.395 e. The molecule has 0 saturated carbocycles. The zero-order valence-electron chi connectivity index (χ0n) is 10.6. The summed E-state index contributed by atoms with van der Waals surface area (Å²) >= 11 is 1.40. The van der Waals surface area contributed by atoms with Gasteiger partial charge in [-0.05, 0) is 24.3 Å². The second kappa shape index (κ2) is 7.29. The van der Waals surface area contributed by atoms with Crippen LogP contribution in [0.15, 0.2) is 11.4 Å². The van der Waals surface area contributed by atoms with E-state index in [-0.39, 0.29) is 18.6 Å². The Morgan fingerprint density at radius 3 is 3.05 bits per heavy atom. The molecule has 2 N–H and O–H groups in total. The number of thiophene rings is 1. The predicted molar refractivity (Wildman–Crippen MR) is 74.2 cm³/mol. The first-order valence-electron chi connectivity index (χ1n) is 6.37. The molecule has 1 aliphatic heterocycles. The Hall–Kier alpha value is -1.35. The molecule has 1 aromatic heterocycles. The molecular weight excluding hydrogens is 262 g/mol. The third kappa shape index (κ3) is 4.06. The van der Waals surface area contributed by atoms with Crippen LogP contribution >= 0.6 is 11.3 Å². The first kappa shape index (κ1) is 14.1. The lowest BCUT2D eigenvalue weighted by Gasteiger charge is -2.22. The zero-order chi connectivity index (χ0) is 13.5. The molecule has 0 unspecified atom stereocenters. The van der Waals surface area contributed by atoms with Gasteiger partial charge < -0.3 is 15.2 Å². The van der Waals surface area contributed by atoms with Crippen molar-refractivity contribution in [3.63, 3.8) is 0 Å². The minimum absolute atomic E-state index is 0.0424. The van der Waals surface area contributed by atoms with Crippen molar-refractivity contribution in [3.05, 3.63) is 21.9 Å². The third-order valence-electron chi connectivity index (χ3n) is 2.89. The van der Waals surface area contributed by atoms with Gasteiger partial charge in [0.05, 0.1) is 6.61 Å². The van der Waals surface area contributed by atoms with Crippen LogP contribution in [0.1, 0.15) is 34.5 Å². The minimum Gasteiger partial charge on any atom is -0.395 e. The van der Waals surface area contributed by atoms with Gasteiger partial charge in [-0.1, -0.05) is 11.8 Å². The topological polar surface area (TPSA) is 58.6 Å². The maximum Gasteiger partial charge on any atom is 0.262 e. The van der Waals surface area contributed by atoms with Gasteiger partial charge in [0, 0.05) is 31.2 Å². The van der Waals surface area contributed by atoms with E-state index < -0.39 is 0 Å². The summed E-state index contributed by atoms with van der Waals surface area (Å²) in [6, 6.07) is 2.04. The lowest BCUT2D eigenvalue weighted by Crippen LogP contribution is -2.38. The van der Waals surface area contributed by atoms with Crippen LogP contribution in [-0.4, -0.2) is 36.9 Å². The molecule has 0 bridgehead atoms. The van der Waals surface area contributed by atoms with Crippen molar-refractivity contribution in [2.75, 3.05) is 19.8 Å². The van der Waals surface area contributed by atoms with Gasteiger partial charge in [0.1, 0.15) is 4.88 Å². The lowest BCUT2D eigenvalue weighted by atomic mass is 10.1. The smallest absolute Gasteiger partial charge is 0.262 e. The monoisotopic (exact) mass is 279 g/mol. The maximum atomic E-state index is 12.2. The number of aliphatic hydroxyl groups excluding tert-OH is 1. The molecule has 1 aliphatic rings. The summed E-state index contributed by atoms with van der Waals surface area (Å²) in [6.07, 6.45) is 2.15. The highest BCUT2D eigenvalue weighted by Crippen LogP contribution is 2.17. The highest BCUT2D eigenvalue weighted by molar-refractivity contribution is 7.12. The fourth-order valence-corrected chi connectivity index (χ4v) is 2.64. The molecule has 2 rings (SSSR count). The average molecular weight is 279 g/mol. The molecule has 19 heavy (non-hydrogen) atoms. The summed E-state index contributed by atoms with van der Waals surface area (Å²) in [7, 11) is 0. The lowest BCUT2D eigenvalue weighted by molar-refractivity contribution is 0.0698. The van der Waals surface area contributed by atoms with E-state index in [1.54, 1.807) is 0 Å². The highest BCUT2D eigenvalue weighted by Gasteiger charge is 2.19. The van der Waals surface area contributed by atoms with Crippen LogP contribution in [0.2, 0.25) is 0 Å². The summed E-state index contributed by atoms with van der Waals surface area (Å²) in [5.74, 6) is 5.71. The SMILES string of the molecule is O=C(NC1CCOCC1)c1sccc1C#CCCO. The van der Waals surface area contributed by atoms with Gasteiger partial charge in [-0.25, -0.2) is 0 Å². The van der Waals surface area contributed by atoms with Crippen LogP contribution in [0.4, 0.5) is 0 Å². The van der Waals surface area contributed by atoms with Crippen molar-refractivity contribution < 1.29 is 14.6 Å². The quantitative estimate of drug-likeness (QED) is 0.822. The number of hydrogen-bond acceptors (Lipinski definition) is 4. The summed E-state index contributed by atoms with van der Waals surface area (Å²) < 4.78 is 5.27. The number of amides is 1. The molecule has 0 spiro atoms. The van der Waals surface area contributed by atoms with E-state index in [0.29, 0.717) is 24.5 Å². The number of aliphatic hydroxyl groups is 1. The Morgan fingerprint density at radius 1 is 1.53 bits per heavy atom. The molecule has 4 nitrogen and oxygen atoms in total. The molecule has 5 heteroatoms. The first-order valence-corrected chi connectivity index (χ1v) is 7.25. The number of hydrogen-bond donors (Lipinski definition) is 2. The van der Waals surface area contributed by atoms with Gasteiger partial charge in [0.2, 0.25) is 0 Å². The van der Waals surface area contributed by atoms with Gasteiger partial charge in [0.25, 0.3) is 5.91 Å². The van der Waals surface area contributed by atoms with Crippen LogP contribution in [0.3, 0.4) is 0 Å². The van der Waals surface area contributed by atoms with E-state index in [9.17, 15) is 4.79 Å². The van der Waals surface area contributed by atoms with Crippen molar-refractivity contribution in [1.29, 1.82) is 0 Å². The van der Waals surface area contributed by atoms with Gasteiger partial charge in [-0.15, -0.1) is 11.3 Å². The fraction of sp³-hybridized carbons (Fsp3) is 0.500. The average Bonchev–Trinajstić information content (AvgIpc) is 2.89. The van der Waals surface area contributed by atoms with E-state index >= 15 is 0 Å². The summed E-state index contributed by atoms with van der Waals surface area (Å²) in [5, 5.41) is 13.6. The second-order valence-corrected chi connectivity index (χ2v) is 5.22. The van der Waals surface area contributed by atoms with Gasteiger partial charge in [-0.3, -0.25) is 4.79 Å². The minimum atomic E-state index is -0.0600. The molecule has 0 aromatic carbocycles. The number of ether oxygens (including phenoxy) is 1.